The summed E-state index contributed by atoms with van der Waals surface area (Å²) in [7, 11) is -3.86. The third-order valence-corrected chi connectivity index (χ3v) is 5.93. The zero-order chi connectivity index (χ0) is 19.2. The highest BCUT2D eigenvalue weighted by Gasteiger charge is 2.39. The summed E-state index contributed by atoms with van der Waals surface area (Å²) in [6.07, 6.45) is 3.45. The van der Waals surface area contributed by atoms with E-state index in [4.69, 9.17) is 9.47 Å². The first-order valence-electron chi connectivity index (χ1n) is 8.87. The summed E-state index contributed by atoms with van der Waals surface area (Å²) in [6.45, 7) is 8.08. The van der Waals surface area contributed by atoms with Crippen LogP contribution in [-0.2, 0) is 24.3 Å². The lowest BCUT2D eigenvalue weighted by Gasteiger charge is -2.35. The summed E-state index contributed by atoms with van der Waals surface area (Å²) < 4.78 is 39.0. The van der Waals surface area contributed by atoms with Gasteiger partial charge in [-0.15, -0.1) is 6.58 Å². The number of nitrogens with one attached hydrogen (secondary N) is 1. The maximum absolute atomic E-state index is 12.8. The van der Waals surface area contributed by atoms with Crippen LogP contribution < -0.4 is 4.72 Å². The van der Waals surface area contributed by atoms with Crippen molar-refractivity contribution >= 4 is 16.0 Å². The smallest absolute Gasteiger partial charge is 0.324 e. The van der Waals surface area contributed by atoms with Crippen molar-refractivity contribution < 1.29 is 22.7 Å². The Morgan fingerprint density at radius 2 is 2.12 bits per heavy atom. The second-order valence-electron chi connectivity index (χ2n) is 6.40. The highest BCUT2D eigenvalue weighted by molar-refractivity contribution is 7.89. The van der Waals surface area contributed by atoms with Crippen LogP contribution in [0.1, 0.15) is 31.7 Å². The Morgan fingerprint density at radius 3 is 2.73 bits per heavy atom. The molecule has 2 rings (SSSR count). The molecule has 1 saturated heterocycles. The van der Waals surface area contributed by atoms with E-state index in [1.54, 1.807) is 25.1 Å². The second-order valence-corrected chi connectivity index (χ2v) is 8.12. The molecule has 144 valence electrons. The van der Waals surface area contributed by atoms with Crippen LogP contribution in [-0.4, -0.2) is 39.7 Å². The first-order chi connectivity index (χ1) is 12.4. The third-order valence-electron chi connectivity index (χ3n) is 4.47. The van der Waals surface area contributed by atoms with Gasteiger partial charge in [-0.1, -0.05) is 23.8 Å². The molecule has 1 N–H and O–H groups in total. The SMILES string of the molecule is C=CC[C@@H]1OCCC[C@H]1[C@H](NS(=O)(=O)c1ccc(C)cc1)C(=O)OCC. The van der Waals surface area contributed by atoms with Crippen molar-refractivity contribution in [1.82, 2.24) is 4.72 Å². The minimum atomic E-state index is -3.86. The Labute approximate surface area is 155 Å². The summed E-state index contributed by atoms with van der Waals surface area (Å²) in [5.74, 6) is -0.881. The zero-order valence-electron chi connectivity index (χ0n) is 15.3. The number of rotatable bonds is 8. The Kier molecular flexibility index (Phi) is 7.37. The van der Waals surface area contributed by atoms with Gasteiger partial charge in [-0.25, -0.2) is 8.42 Å². The molecule has 3 atom stereocenters. The number of hydrogen-bond donors (Lipinski definition) is 1. The van der Waals surface area contributed by atoms with Gasteiger partial charge in [0, 0.05) is 12.5 Å². The number of benzene rings is 1. The van der Waals surface area contributed by atoms with E-state index in [0.717, 1.165) is 12.0 Å². The molecule has 1 aromatic carbocycles. The van der Waals surface area contributed by atoms with E-state index < -0.39 is 22.0 Å². The molecule has 1 fully saturated rings. The lowest BCUT2D eigenvalue weighted by molar-refractivity contribution is -0.150. The average molecular weight is 381 g/mol. The highest BCUT2D eigenvalue weighted by Crippen LogP contribution is 2.28. The fourth-order valence-corrected chi connectivity index (χ4v) is 4.38. The van der Waals surface area contributed by atoms with E-state index in [1.165, 1.54) is 12.1 Å². The highest BCUT2D eigenvalue weighted by atomic mass is 32.2. The quantitative estimate of drug-likeness (QED) is 0.553. The number of carbonyl (C=O) groups excluding carboxylic acids is 1. The van der Waals surface area contributed by atoms with E-state index in [9.17, 15) is 13.2 Å². The Balaban J connectivity index is 2.30. The minimum absolute atomic E-state index is 0.120. The molecule has 0 amide bonds. The molecular formula is C19H27NO5S. The fourth-order valence-electron chi connectivity index (χ4n) is 3.15. The first kappa shape index (κ1) is 20.6. The van der Waals surface area contributed by atoms with E-state index in [-0.39, 0.29) is 23.5 Å². The monoisotopic (exact) mass is 381 g/mol. The van der Waals surface area contributed by atoms with E-state index in [2.05, 4.69) is 11.3 Å². The second kappa shape index (κ2) is 9.30. The molecule has 1 aromatic rings. The van der Waals surface area contributed by atoms with Crippen LogP contribution in [0.15, 0.2) is 41.8 Å². The van der Waals surface area contributed by atoms with Crippen molar-refractivity contribution in [3.63, 3.8) is 0 Å². The maximum atomic E-state index is 12.8. The molecule has 0 radical (unpaired) electrons. The molecule has 1 aliphatic heterocycles. The number of esters is 1. The molecule has 0 aromatic heterocycles. The van der Waals surface area contributed by atoms with Gasteiger partial charge in [-0.3, -0.25) is 4.79 Å². The predicted molar refractivity (Wildman–Crippen MR) is 99.2 cm³/mol. The predicted octanol–water partition coefficient (Wildman–Crippen LogP) is 2.58. The van der Waals surface area contributed by atoms with Crippen molar-refractivity contribution in [1.29, 1.82) is 0 Å². The molecule has 1 heterocycles. The molecule has 6 nitrogen and oxygen atoms in total. The van der Waals surface area contributed by atoms with Crippen LogP contribution in [0.5, 0.6) is 0 Å². The molecule has 0 unspecified atom stereocenters. The number of hydrogen-bond acceptors (Lipinski definition) is 5. The van der Waals surface area contributed by atoms with Crippen LogP contribution in [0.25, 0.3) is 0 Å². The van der Waals surface area contributed by atoms with Crippen molar-refractivity contribution in [3.8, 4) is 0 Å². The lowest BCUT2D eigenvalue weighted by Crippen LogP contribution is -2.52. The van der Waals surface area contributed by atoms with Crippen LogP contribution in [0.2, 0.25) is 0 Å². The standard InChI is InChI=1S/C19H27NO5S/c1-4-7-17-16(8-6-13-25-17)18(19(21)24-5-2)20-26(22,23)15-11-9-14(3)10-12-15/h4,9-12,16-18,20H,1,5-8,13H2,2-3H3/t16-,17+,18+/m1/s1. The molecule has 0 saturated carbocycles. The van der Waals surface area contributed by atoms with Crippen molar-refractivity contribution in [2.45, 2.75) is 50.2 Å². The summed E-state index contributed by atoms with van der Waals surface area (Å²) in [5.41, 5.74) is 0.956. The van der Waals surface area contributed by atoms with Crippen molar-refractivity contribution in [2.75, 3.05) is 13.2 Å². The molecular weight excluding hydrogens is 354 g/mol. The topological polar surface area (TPSA) is 81.7 Å². The lowest BCUT2D eigenvalue weighted by atomic mass is 9.86. The first-order valence-corrected chi connectivity index (χ1v) is 10.4. The zero-order valence-corrected chi connectivity index (χ0v) is 16.1. The van der Waals surface area contributed by atoms with Gasteiger partial charge in [-0.05, 0) is 45.2 Å². The maximum Gasteiger partial charge on any atom is 0.324 e. The van der Waals surface area contributed by atoms with Gasteiger partial charge in [-0.2, -0.15) is 4.72 Å². The van der Waals surface area contributed by atoms with Crippen LogP contribution in [0.3, 0.4) is 0 Å². The van der Waals surface area contributed by atoms with Gasteiger partial charge < -0.3 is 9.47 Å². The van der Waals surface area contributed by atoms with Crippen LogP contribution in [0, 0.1) is 12.8 Å². The van der Waals surface area contributed by atoms with Crippen molar-refractivity contribution in [2.24, 2.45) is 5.92 Å². The molecule has 7 heteroatoms. The van der Waals surface area contributed by atoms with E-state index in [0.29, 0.717) is 19.4 Å². The summed E-state index contributed by atoms with van der Waals surface area (Å²) in [6, 6.07) is 5.50. The number of sulfonamides is 1. The van der Waals surface area contributed by atoms with E-state index in [1.807, 2.05) is 6.92 Å². The van der Waals surface area contributed by atoms with Gasteiger partial charge in [0.25, 0.3) is 0 Å². The Morgan fingerprint density at radius 1 is 1.42 bits per heavy atom. The third kappa shape index (κ3) is 5.16. The van der Waals surface area contributed by atoms with Gasteiger partial charge >= 0.3 is 5.97 Å². The molecule has 0 aliphatic carbocycles. The Bertz CT molecular complexity index is 714. The molecule has 0 spiro atoms. The van der Waals surface area contributed by atoms with Gasteiger partial charge in [0.2, 0.25) is 10.0 Å². The van der Waals surface area contributed by atoms with E-state index >= 15 is 0 Å². The van der Waals surface area contributed by atoms with Gasteiger partial charge in [0.15, 0.2) is 0 Å². The van der Waals surface area contributed by atoms with Gasteiger partial charge in [0.05, 0.1) is 17.6 Å². The summed E-state index contributed by atoms with van der Waals surface area (Å²) in [5, 5.41) is 0. The average Bonchev–Trinajstić information content (AvgIpc) is 2.61. The molecule has 0 bridgehead atoms. The van der Waals surface area contributed by atoms with Crippen molar-refractivity contribution in [3.05, 3.63) is 42.5 Å². The van der Waals surface area contributed by atoms with Gasteiger partial charge in [0.1, 0.15) is 6.04 Å². The number of aryl methyl sites for hydroxylation is 1. The number of ether oxygens (including phenoxy) is 2. The molecule has 26 heavy (non-hydrogen) atoms. The summed E-state index contributed by atoms with van der Waals surface area (Å²) in [4.78, 5) is 12.6. The minimum Gasteiger partial charge on any atom is -0.465 e. The normalized spacial score (nSPS) is 21.8. The number of carbonyl (C=O) groups is 1. The largest absolute Gasteiger partial charge is 0.465 e. The Hall–Kier alpha value is -1.70. The van der Waals surface area contributed by atoms with Crippen LogP contribution in [0.4, 0.5) is 0 Å². The fraction of sp³-hybridized carbons (Fsp3) is 0.526. The summed E-state index contributed by atoms with van der Waals surface area (Å²) >= 11 is 0. The van der Waals surface area contributed by atoms with Crippen LogP contribution >= 0.6 is 0 Å². The molecule has 1 aliphatic rings.